The van der Waals surface area contributed by atoms with Gasteiger partial charge in [0.15, 0.2) is 0 Å². The van der Waals surface area contributed by atoms with E-state index in [9.17, 15) is 9.59 Å². The molecule has 34 heavy (non-hydrogen) atoms. The van der Waals surface area contributed by atoms with Crippen molar-refractivity contribution in [1.29, 1.82) is 0 Å². The molecule has 3 fully saturated rings. The zero-order valence-corrected chi connectivity index (χ0v) is 19.8. The van der Waals surface area contributed by atoms with Crippen molar-refractivity contribution in [3.63, 3.8) is 0 Å². The molecule has 0 N–H and O–H groups in total. The lowest BCUT2D eigenvalue weighted by molar-refractivity contribution is -0.111. The van der Waals surface area contributed by atoms with E-state index in [2.05, 4.69) is 14.6 Å². The molecular formula is C27H28ClN3O3. The summed E-state index contributed by atoms with van der Waals surface area (Å²) < 4.78 is 6.20. The predicted molar refractivity (Wildman–Crippen MR) is 132 cm³/mol. The number of nitrogens with zero attached hydrogens (tertiary/aromatic N) is 3. The monoisotopic (exact) mass is 477 g/mol. The molecule has 2 aromatic carbocycles. The summed E-state index contributed by atoms with van der Waals surface area (Å²) in [6, 6.07) is 13.5. The molecular weight excluding hydrogens is 450 g/mol. The molecule has 7 heteroatoms. The van der Waals surface area contributed by atoms with E-state index in [-0.39, 0.29) is 30.0 Å². The first-order chi connectivity index (χ1) is 16.6. The van der Waals surface area contributed by atoms with Gasteiger partial charge < -0.3 is 19.3 Å². The first-order valence-electron chi connectivity index (χ1n) is 12.0. The van der Waals surface area contributed by atoms with E-state index in [0.29, 0.717) is 16.5 Å². The summed E-state index contributed by atoms with van der Waals surface area (Å²) in [5.41, 5.74) is 2.26. The predicted octanol–water partition coefficient (Wildman–Crippen LogP) is 5.52. The van der Waals surface area contributed by atoms with Crippen LogP contribution in [0, 0.1) is 12.5 Å². The van der Waals surface area contributed by atoms with Gasteiger partial charge >= 0.3 is 0 Å². The standard InChI is InChI=1S/C27H28ClN3O3/c1-29-26-9-8-23(16-25(26)28)34-24-14-21-6-7-22(15-24)31(21)27(33)19-2-4-20(5-3-19)30-12-10-18(17-32)11-13-30/h2-5,8-9,16-18,21-22,24H,6-7,10-15H2. The fourth-order valence-electron chi connectivity index (χ4n) is 5.66. The van der Waals surface area contributed by atoms with Crippen LogP contribution < -0.4 is 9.64 Å². The van der Waals surface area contributed by atoms with E-state index in [1.807, 2.05) is 24.3 Å². The van der Waals surface area contributed by atoms with Crippen LogP contribution in [0.2, 0.25) is 5.02 Å². The molecule has 2 unspecified atom stereocenters. The van der Waals surface area contributed by atoms with Crippen molar-refractivity contribution in [1.82, 2.24) is 4.90 Å². The van der Waals surface area contributed by atoms with Crippen LogP contribution in [0.1, 0.15) is 48.9 Å². The van der Waals surface area contributed by atoms with Gasteiger partial charge in [0.1, 0.15) is 18.1 Å². The molecule has 3 aliphatic heterocycles. The highest BCUT2D eigenvalue weighted by molar-refractivity contribution is 6.33. The Balaban J connectivity index is 1.22. The molecule has 0 aromatic heterocycles. The molecule has 1 amide bonds. The Hall–Kier alpha value is -3.04. The summed E-state index contributed by atoms with van der Waals surface area (Å²) in [5, 5.41) is 0.402. The molecule has 3 saturated heterocycles. The molecule has 2 bridgehead atoms. The van der Waals surface area contributed by atoms with Crippen molar-refractivity contribution in [3.8, 4) is 5.75 Å². The first-order valence-corrected chi connectivity index (χ1v) is 12.4. The quantitative estimate of drug-likeness (QED) is 0.420. The maximum absolute atomic E-state index is 13.4. The minimum atomic E-state index is 0.0353. The van der Waals surface area contributed by atoms with Crippen LogP contribution in [-0.2, 0) is 4.79 Å². The van der Waals surface area contributed by atoms with Crippen molar-refractivity contribution < 1.29 is 14.3 Å². The molecule has 2 atom stereocenters. The van der Waals surface area contributed by atoms with Crippen molar-refractivity contribution in [2.75, 3.05) is 18.0 Å². The molecule has 5 rings (SSSR count). The molecule has 176 valence electrons. The summed E-state index contributed by atoms with van der Waals surface area (Å²) in [7, 11) is 0. The third-order valence-corrected chi connectivity index (χ3v) is 7.78. The fraction of sp³-hybridized carbons (Fsp3) is 0.444. The lowest BCUT2D eigenvalue weighted by atomic mass is 9.97. The molecule has 0 aliphatic carbocycles. The minimum absolute atomic E-state index is 0.0353. The van der Waals surface area contributed by atoms with Gasteiger partial charge in [-0.2, -0.15) is 0 Å². The molecule has 2 aromatic rings. The van der Waals surface area contributed by atoms with E-state index >= 15 is 0 Å². The molecule has 0 radical (unpaired) electrons. The second-order valence-electron chi connectivity index (χ2n) is 9.54. The number of halogens is 1. The topological polar surface area (TPSA) is 54.2 Å². The lowest BCUT2D eigenvalue weighted by Crippen LogP contribution is -2.49. The van der Waals surface area contributed by atoms with Gasteiger partial charge in [0.25, 0.3) is 5.91 Å². The van der Waals surface area contributed by atoms with Gasteiger partial charge in [-0.1, -0.05) is 17.7 Å². The van der Waals surface area contributed by atoms with Crippen LogP contribution in [0.4, 0.5) is 11.4 Å². The zero-order valence-electron chi connectivity index (χ0n) is 19.0. The Morgan fingerprint density at radius 3 is 2.29 bits per heavy atom. The summed E-state index contributed by atoms with van der Waals surface area (Å²) in [5.74, 6) is 0.950. The van der Waals surface area contributed by atoms with E-state index in [1.54, 1.807) is 18.2 Å². The number of carbonyl (C=O) groups is 2. The maximum Gasteiger partial charge on any atom is 0.254 e. The highest BCUT2D eigenvalue weighted by Crippen LogP contribution is 2.39. The Kier molecular flexibility index (Phi) is 6.47. The third-order valence-electron chi connectivity index (χ3n) is 7.48. The lowest BCUT2D eigenvalue weighted by Gasteiger charge is -2.39. The number of anilines is 1. The number of hydrogen-bond acceptors (Lipinski definition) is 4. The highest BCUT2D eigenvalue weighted by atomic mass is 35.5. The van der Waals surface area contributed by atoms with Crippen molar-refractivity contribution >= 4 is 35.2 Å². The van der Waals surface area contributed by atoms with Crippen LogP contribution in [0.15, 0.2) is 42.5 Å². The van der Waals surface area contributed by atoms with Gasteiger partial charge in [-0.05, 0) is 62.1 Å². The van der Waals surface area contributed by atoms with E-state index in [0.717, 1.165) is 69.2 Å². The van der Waals surface area contributed by atoms with Crippen molar-refractivity contribution in [2.24, 2.45) is 5.92 Å². The van der Waals surface area contributed by atoms with Gasteiger partial charge in [-0.15, -0.1) is 0 Å². The number of piperidine rings is 2. The Morgan fingerprint density at radius 2 is 1.71 bits per heavy atom. The number of hydrogen-bond donors (Lipinski definition) is 0. The second kappa shape index (κ2) is 9.68. The SMILES string of the molecule is [C-]#[N+]c1ccc(OC2CC3CCC(C2)N3C(=O)c2ccc(N3CCC(C=O)CC3)cc2)cc1Cl. The van der Waals surface area contributed by atoms with Gasteiger partial charge in [-0.25, -0.2) is 4.85 Å². The average molecular weight is 478 g/mol. The first kappa shape index (κ1) is 22.7. The van der Waals surface area contributed by atoms with E-state index in [4.69, 9.17) is 22.9 Å². The highest BCUT2D eigenvalue weighted by Gasteiger charge is 2.44. The van der Waals surface area contributed by atoms with Gasteiger partial charge in [0.2, 0.25) is 5.69 Å². The van der Waals surface area contributed by atoms with Crippen LogP contribution in [0.5, 0.6) is 5.75 Å². The number of ether oxygens (including phenoxy) is 1. The van der Waals surface area contributed by atoms with Crippen LogP contribution in [0.3, 0.4) is 0 Å². The zero-order chi connectivity index (χ0) is 23.7. The van der Waals surface area contributed by atoms with E-state index < -0.39 is 0 Å². The number of fused-ring (bicyclic) bond motifs is 2. The van der Waals surface area contributed by atoms with Crippen molar-refractivity contribution in [3.05, 3.63) is 64.5 Å². The Bertz CT molecular complexity index is 1090. The summed E-state index contributed by atoms with van der Waals surface area (Å²) in [4.78, 5) is 32.1. The number of rotatable bonds is 5. The van der Waals surface area contributed by atoms with Gasteiger partial charge in [-0.3, -0.25) is 4.79 Å². The van der Waals surface area contributed by atoms with E-state index in [1.165, 1.54) is 0 Å². The second-order valence-corrected chi connectivity index (χ2v) is 9.95. The third kappa shape index (κ3) is 4.50. The number of amides is 1. The Morgan fingerprint density at radius 1 is 1.03 bits per heavy atom. The average Bonchev–Trinajstić information content (AvgIpc) is 3.14. The molecule has 0 saturated carbocycles. The summed E-state index contributed by atoms with van der Waals surface area (Å²) >= 11 is 6.16. The van der Waals surface area contributed by atoms with Gasteiger partial charge in [0.05, 0.1) is 11.6 Å². The molecule has 0 spiro atoms. The fourth-order valence-corrected chi connectivity index (χ4v) is 5.87. The maximum atomic E-state index is 13.4. The summed E-state index contributed by atoms with van der Waals surface area (Å²) in [6.45, 7) is 8.88. The number of carbonyl (C=O) groups excluding carboxylic acids is 2. The van der Waals surface area contributed by atoms with Gasteiger partial charge in [0, 0.05) is 55.2 Å². The number of benzene rings is 2. The smallest absolute Gasteiger partial charge is 0.254 e. The normalized spacial score (nSPS) is 24.5. The summed E-state index contributed by atoms with van der Waals surface area (Å²) in [6.07, 6.45) is 6.48. The molecule has 3 heterocycles. The minimum Gasteiger partial charge on any atom is -0.490 e. The van der Waals surface area contributed by atoms with Crippen LogP contribution in [0.25, 0.3) is 4.85 Å². The number of aldehydes is 1. The van der Waals surface area contributed by atoms with Crippen LogP contribution in [-0.4, -0.2) is 48.4 Å². The molecule has 6 nitrogen and oxygen atoms in total. The Labute approximate surface area is 205 Å². The van der Waals surface area contributed by atoms with Crippen LogP contribution >= 0.6 is 11.6 Å². The largest absolute Gasteiger partial charge is 0.490 e. The van der Waals surface area contributed by atoms with Crippen molar-refractivity contribution in [2.45, 2.75) is 56.7 Å². The molecule has 3 aliphatic rings.